The zero-order valence-corrected chi connectivity index (χ0v) is 43.0. The molecule has 2 heterocycles. The van der Waals surface area contributed by atoms with Crippen LogP contribution in [0.1, 0.15) is 79.3 Å². The summed E-state index contributed by atoms with van der Waals surface area (Å²) >= 11 is 0. The minimum absolute atomic E-state index is 0.410. The molecular weight excluding hydrogens is 885 g/mol. The van der Waals surface area contributed by atoms with Gasteiger partial charge in [-0.2, -0.15) is 0 Å². The van der Waals surface area contributed by atoms with Crippen LogP contribution in [0.15, 0.2) is 194 Å². The van der Waals surface area contributed by atoms with Gasteiger partial charge in [0.05, 0.1) is 0 Å². The summed E-state index contributed by atoms with van der Waals surface area (Å²) in [6.45, 7) is 9.70. The Hall–Kier alpha value is -7.16. The average molecular weight is 951 g/mol. The number of rotatable bonds is 6. The highest BCUT2D eigenvalue weighted by atomic mass is 16.6. The van der Waals surface area contributed by atoms with Crippen LogP contribution >= 0.6 is 0 Å². The van der Waals surface area contributed by atoms with Crippen molar-refractivity contribution in [1.82, 2.24) is 0 Å². The number of fused-ring (bicyclic) bond motifs is 11. The topological polar surface area (TPSA) is 18.5 Å². The molecule has 4 bridgehead atoms. The van der Waals surface area contributed by atoms with Crippen molar-refractivity contribution < 1.29 is 9.47 Å². The van der Waals surface area contributed by atoms with Crippen LogP contribution in [0.3, 0.4) is 0 Å². The minimum atomic E-state index is -0.831. The zero-order chi connectivity index (χ0) is 49.3. The van der Waals surface area contributed by atoms with Crippen molar-refractivity contribution in [3.8, 4) is 33.8 Å². The number of benzene rings is 10. The molecule has 1 fully saturated rings. The summed E-state index contributed by atoms with van der Waals surface area (Å²) in [6, 6.07) is 73.1. The van der Waals surface area contributed by atoms with Crippen LogP contribution < -0.4 is 9.47 Å². The van der Waals surface area contributed by atoms with Crippen molar-refractivity contribution in [3.05, 3.63) is 228 Å². The molecule has 13 rings (SSSR count). The highest BCUT2D eigenvalue weighted by molar-refractivity contribution is 6.15. The van der Waals surface area contributed by atoms with E-state index in [1.165, 1.54) is 112 Å². The van der Waals surface area contributed by atoms with Crippen LogP contribution in [-0.4, -0.2) is 11.2 Å². The molecule has 10 aromatic rings. The van der Waals surface area contributed by atoms with E-state index in [-0.39, 0.29) is 0 Å². The van der Waals surface area contributed by atoms with E-state index in [4.69, 9.17) is 9.47 Å². The van der Waals surface area contributed by atoms with Gasteiger partial charge in [0.15, 0.2) is 11.2 Å². The molecule has 0 N–H and O–H groups in total. The van der Waals surface area contributed by atoms with Gasteiger partial charge >= 0.3 is 0 Å². The molecule has 6 unspecified atom stereocenters. The Kier molecular flexibility index (Phi) is 11.5. The lowest BCUT2D eigenvalue weighted by Crippen LogP contribution is -2.66. The lowest BCUT2D eigenvalue weighted by molar-refractivity contribution is -0.154. The van der Waals surface area contributed by atoms with E-state index in [0.717, 1.165) is 43.6 Å². The summed E-state index contributed by atoms with van der Waals surface area (Å²) in [6.07, 6.45) is 8.57. The fraction of sp³-hybridized carbons (Fsp3) is 0.268. The van der Waals surface area contributed by atoms with Gasteiger partial charge in [-0.25, -0.2) is 0 Å². The summed E-state index contributed by atoms with van der Waals surface area (Å²) in [5.74, 6) is 3.78. The van der Waals surface area contributed by atoms with Gasteiger partial charge in [-0.15, -0.1) is 0 Å². The lowest BCUT2D eigenvalue weighted by atomic mass is 9.60. The van der Waals surface area contributed by atoms with E-state index in [1.54, 1.807) is 0 Å². The predicted octanol–water partition coefficient (Wildman–Crippen LogP) is 18.3. The Labute approximate surface area is 432 Å². The largest absolute Gasteiger partial charge is 0.482 e. The van der Waals surface area contributed by atoms with Crippen molar-refractivity contribution in [2.75, 3.05) is 0 Å². The van der Waals surface area contributed by atoms with Gasteiger partial charge in [0.2, 0.25) is 0 Å². The molecule has 73 heavy (non-hydrogen) atoms. The number of ether oxygens (including phenoxy) is 2. The zero-order valence-electron chi connectivity index (χ0n) is 43.0. The van der Waals surface area contributed by atoms with Crippen molar-refractivity contribution in [3.63, 3.8) is 0 Å². The number of hydrogen-bond acceptors (Lipinski definition) is 2. The highest BCUT2D eigenvalue weighted by Gasteiger charge is 2.60. The fourth-order valence-corrected chi connectivity index (χ4v) is 14.3. The maximum atomic E-state index is 8.79. The Morgan fingerprint density at radius 3 is 1.25 bits per heavy atom. The first-order chi connectivity index (χ1) is 35.7. The smallest absolute Gasteiger partial charge is 0.153 e. The quantitative estimate of drug-likeness (QED) is 0.155. The van der Waals surface area contributed by atoms with E-state index >= 15 is 0 Å². The molecular formula is C71H66O2. The predicted molar refractivity (Wildman–Crippen MR) is 306 cm³/mol. The second-order valence-corrected chi connectivity index (χ2v) is 22.7. The van der Waals surface area contributed by atoms with E-state index in [2.05, 4.69) is 222 Å². The Balaban J connectivity index is 1.15. The standard InChI is InChI=1S/C71H66O2/c1-46-35-56-32-31-48(3)57-33-34-58-45-71(43-51-21-9-6-10-22-51,73-69-59(39-49(58)4)36-47(2)38-65(69)67-62-29-17-13-25-54(62)41-55-26-14-18-30-63(55)67)70(44-57,42-50-19-7-5-8-20-50)72-68(56)64(37-46)66-60-27-15-11-23-52(60)40-53-24-12-16-28-61(53)66/h5-30,35-38,40-41,48-49,57-58H,31-34,39,42-45H2,1-4H3. The third-order valence-corrected chi connectivity index (χ3v) is 17.9. The molecule has 2 aliphatic heterocycles. The molecule has 3 aliphatic rings. The number of hydrogen-bond donors (Lipinski definition) is 0. The summed E-state index contributed by atoms with van der Waals surface area (Å²) < 4.78 is 17.5. The van der Waals surface area contributed by atoms with Crippen LogP contribution in [0, 0.1) is 37.5 Å². The van der Waals surface area contributed by atoms with Crippen molar-refractivity contribution in [1.29, 1.82) is 0 Å². The molecule has 10 aromatic carbocycles. The summed E-state index contributed by atoms with van der Waals surface area (Å²) in [5, 5.41) is 9.99. The van der Waals surface area contributed by atoms with E-state index < -0.39 is 11.2 Å². The second kappa shape index (κ2) is 18.4. The van der Waals surface area contributed by atoms with Gasteiger partial charge < -0.3 is 9.47 Å². The molecule has 1 saturated carbocycles. The molecule has 2 nitrogen and oxygen atoms in total. The van der Waals surface area contributed by atoms with Gasteiger partial charge in [-0.3, -0.25) is 0 Å². The van der Waals surface area contributed by atoms with E-state index in [9.17, 15) is 0 Å². The summed E-state index contributed by atoms with van der Waals surface area (Å²) in [5.41, 5.74) is 10.9. The summed E-state index contributed by atoms with van der Waals surface area (Å²) in [4.78, 5) is 0. The molecule has 1 aliphatic carbocycles. The van der Waals surface area contributed by atoms with Crippen molar-refractivity contribution >= 4 is 43.1 Å². The maximum absolute atomic E-state index is 8.79. The first-order valence-corrected chi connectivity index (χ1v) is 27.3. The highest BCUT2D eigenvalue weighted by Crippen LogP contribution is 2.57. The van der Waals surface area contributed by atoms with Crippen LogP contribution in [-0.2, 0) is 25.7 Å². The molecule has 362 valence electrons. The molecule has 0 spiro atoms. The number of aryl methyl sites for hydroxylation is 3. The SMILES string of the molecule is Cc1cc2c(c(-c3c4ccccc4cc4ccccc34)c1)OC1(Cc3ccccc3)CC(CCC3CC1(Cc1ccccc1)Oc1c(cc(C)cc1-c1c4ccccc4cc4ccccc14)CC3C)C(C)CC2. The third-order valence-electron chi connectivity index (χ3n) is 17.9. The van der Waals surface area contributed by atoms with Crippen LogP contribution in [0.2, 0.25) is 0 Å². The molecule has 0 amide bonds. The van der Waals surface area contributed by atoms with Gasteiger partial charge in [0.25, 0.3) is 0 Å². The summed E-state index contributed by atoms with van der Waals surface area (Å²) in [7, 11) is 0. The van der Waals surface area contributed by atoms with Crippen LogP contribution in [0.5, 0.6) is 11.5 Å². The molecule has 6 atom stereocenters. The first kappa shape index (κ1) is 45.7. The van der Waals surface area contributed by atoms with Crippen LogP contribution in [0.25, 0.3) is 65.3 Å². The maximum Gasteiger partial charge on any atom is 0.153 e. The molecule has 2 heteroatoms. The third kappa shape index (κ3) is 8.10. The monoisotopic (exact) mass is 951 g/mol. The van der Waals surface area contributed by atoms with E-state index in [0.29, 0.717) is 36.5 Å². The molecule has 0 saturated heterocycles. The normalized spacial score (nSPS) is 22.8. The Morgan fingerprint density at radius 2 is 0.795 bits per heavy atom. The van der Waals surface area contributed by atoms with Crippen molar-refractivity contribution in [2.24, 2.45) is 23.7 Å². The average Bonchev–Trinajstić information content (AvgIpc) is 3.46. The van der Waals surface area contributed by atoms with Gasteiger partial charge in [0.1, 0.15) is 11.5 Å². The second-order valence-electron chi connectivity index (χ2n) is 22.7. The van der Waals surface area contributed by atoms with Crippen LogP contribution in [0.4, 0.5) is 0 Å². The fourth-order valence-electron chi connectivity index (χ4n) is 14.3. The van der Waals surface area contributed by atoms with Gasteiger partial charge in [-0.05, 0) is 183 Å². The van der Waals surface area contributed by atoms with E-state index in [1.807, 2.05) is 0 Å². The van der Waals surface area contributed by atoms with Gasteiger partial charge in [-0.1, -0.05) is 184 Å². The lowest BCUT2D eigenvalue weighted by Gasteiger charge is -2.56. The Bertz CT molecular complexity index is 3600. The molecule has 0 radical (unpaired) electrons. The molecule has 0 aromatic heterocycles. The first-order valence-electron chi connectivity index (χ1n) is 27.3. The van der Waals surface area contributed by atoms with Gasteiger partial charge in [0, 0.05) is 35.1 Å². The minimum Gasteiger partial charge on any atom is -0.482 e. The van der Waals surface area contributed by atoms with Crippen molar-refractivity contribution in [2.45, 2.75) is 96.7 Å². The Morgan fingerprint density at radius 1 is 0.411 bits per heavy atom.